The summed E-state index contributed by atoms with van der Waals surface area (Å²) >= 11 is 1.79. The number of hydrogen-bond donors (Lipinski definition) is 1. The van der Waals surface area contributed by atoms with Crippen LogP contribution in [-0.4, -0.2) is 31.1 Å². The van der Waals surface area contributed by atoms with E-state index >= 15 is 0 Å². The normalized spacial score (nSPS) is 18.7. The van der Waals surface area contributed by atoms with Gasteiger partial charge in [0.2, 0.25) is 0 Å². The molecule has 1 fully saturated rings. The Kier molecular flexibility index (Phi) is 7.57. The van der Waals surface area contributed by atoms with Gasteiger partial charge in [0, 0.05) is 32.2 Å². The maximum Gasteiger partial charge on any atom is 0.0329 e. The monoisotopic (exact) mass is 268 g/mol. The van der Waals surface area contributed by atoms with E-state index in [-0.39, 0.29) is 24.8 Å². The molecule has 2 rings (SSSR count). The lowest BCUT2D eigenvalue weighted by molar-refractivity contribution is 0.186. The zero-order valence-corrected chi connectivity index (χ0v) is 11.3. The predicted octanol–water partition coefficient (Wildman–Crippen LogP) is 2.56. The quantitative estimate of drug-likeness (QED) is 0.887. The zero-order valence-electron chi connectivity index (χ0n) is 8.81. The van der Waals surface area contributed by atoms with Crippen molar-refractivity contribution in [3.8, 4) is 0 Å². The number of nitrogens with zero attached hydrogens (tertiary/aromatic N) is 1. The van der Waals surface area contributed by atoms with Crippen molar-refractivity contribution in [3.63, 3.8) is 0 Å². The molecule has 0 aromatic carbocycles. The highest BCUT2D eigenvalue weighted by Crippen LogP contribution is 2.22. The minimum Gasteiger partial charge on any atom is -0.314 e. The van der Waals surface area contributed by atoms with Crippen molar-refractivity contribution in [2.45, 2.75) is 13.0 Å². The van der Waals surface area contributed by atoms with Gasteiger partial charge in [-0.15, -0.1) is 24.8 Å². The molecule has 0 unspecified atom stereocenters. The molecule has 2 heterocycles. The van der Waals surface area contributed by atoms with Crippen LogP contribution in [0.2, 0.25) is 0 Å². The number of nitrogens with one attached hydrogen (secondary N) is 1. The first-order valence-corrected chi connectivity index (χ1v) is 5.79. The SMILES string of the molecule is C[C@@H](c1ccsc1)N1CCNCC1.Cl.Cl. The lowest BCUT2D eigenvalue weighted by Crippen LogP contribution is -2.44. The van der Waals surface area contributed by atoms with Crippen LogP contribution >= 0.6 is 36.2 Å². The van der Waals surface area contributed by atoms with E-state index in [1.54, 1.807) is 11.3 Å². The van der Waals surface area contributed by atoms with Gasteiger partial charge in [0.1, 0.15) is 0 Å². The molecule has 88 valence electrons. The Morgan fingerprint density at radius 3 is 2.53 bits per heavy atom. The van der Waals surface area contributed by atoms with Gasteiger partial charge in [0.15, 0.2) is 0 Å². The van der Waals surface area contributed by atoms with Crippen molar-refractivity contribution in [1.29, 1.82) is 0 Å². The van der Waals surface area contributed by atoms with Crippen LogP contribution in [0, 0.1) is 0 Å². The molecule has 1 aliphatic rings. The van der Waals surface area contributed by atoms with E-state index in [1.807, 2.05) is 0 Å². The molecular formula is C10H18Cl2N2S. The molecule has 0 saturated carbocycles. The highest BCUT2D eigenvalue weighted by Gasteiger charge is 2.17. The van der Waals surface area contributed by atoms with Crippen molar-refractivity contribution in [3.05, 3.63) is 22.4 Å². The Hall–Kier alpha value is 0.200. The van der Waals surface area contributed by atoms with Crippen LogP contribution in [0.4, 0.5) is 0 Å². The van der Waals surface area contributed by atoms with Crippen LogP contribution in [0.25, 0.3) is 0 Å². The first-order chi connectivity index (χ1) is 6.38. The fraction of sp³-hybridized carbons (Fsp3) is 0.600. The molecule has 0 aliphatic carbocycles. The molecule has 15 heavy (non-hydrogen) atoms. The Morgan fingerprint density at radius 2 is 2.00 bits per heavy atom. The molecule has 5 heteroatoms. The van der Waals surface area contributed by atoms with Gasteiger partial charge in [-0.05, 0) is 29.3 Å². The summed E-state index contributed by atoms with van der Waals surface area (Å²) in [6.07, 6.45) is 0. The molecule has 1 atom stereocenters. The van der Waals surface area contributed by atoms with Crippen LogP contribution in [0.1, 0.15) is 18.5 Å². The van der Waals surface area contributed by atoms with Gasteiger partial charge in [-0.25, -0.2) is 0 Å². The molecule has 1 aromatic heterocycles. The molecule has 2 nitrogen and oxygen atoms in total. The topological polar surface area (TPSA) is 15.3 Å². The van der Waals surface area contributed by atoms with Gasteiger partial charge in [-0.2, -0.15) is 11.3 Å². The highest BCUT2D eigenvalue weighted by atomic mass is 35.5. The molecule has 0 radical (unpaired) electrons. The van der Waals surface area contributed by atoms with Crippen LogP contribution in [0.15, 0.2) is 16.8 Å². The van der Waals surface area contributed by atoms with Crippen molar-refractivity contribution in [1.82, 2.24) is 10.2 Å². The van der Waals surface area contributed by atoms with Crippen molar-refractivity contribution >= 4 is 36.2 Å². The second kappa shape index (κ2) is 7.47. The fourth-order valence-electron chi connectivity index (χ4n) is 1.79. The van der Waals surface area contributed by atoms with Crippen molar-refractivity contribution < 1.29 is 0 Å². The summed E-state index contributed by atoms with van der Waals surface area (Å²) in [6.45, 7) is 6.92. The summed E-state index contributed by atoms with van der Waals surface area (Å²) in [4.78, 5) is 2.54. The van der Waals surface area contributed by atoms with E-state index in [2.05, 4.69) is 34.0 Å². The minimum atomic E-state index is 0. The Morgan fingerprint density at radius 1 is 1.33 bits per heavy atom. The summed E-state index contributed by atoms with van der Waals surface area (Å²) in [5, 5.41) is 7.79. The van der Waals surface area contributed by atoms with E-state index < -0.39 is 0 Å². The van der Waals surface area contributed by atoms with E-state index in [1.165, 1.54) is 18.7 Å². The highest BCUT2D eigenvalue weighted by molar-refractivity contribution is 7.07. The van der Waals surface area contributed by atoms with Crippen LogP contribution in [0.3, 0.4) is 0 Å². The van der Waals surface area contributed by atoms with Gasteiger partial charge in [0.05, 0.1) is 0 Å². The van der Waals surface area contributed by atoms with Gasteiger partial charge < -0.3 is 5.32 Å². The van der Waals surface area contributed by atoms with E-state index in [0.717, 1.165) is 13.1 Å². The average Bonchev–Trinajstić information content (AvgIpc) is 2.71. The molecule has 0 bridgehead atoms. The van der Waals surface area contributed by atoms with E-state index in [9.17, 15) is 0 Å². The third-order valence-corrected chi connectivity index (χ3v) is 3.43. The largest absolute Gasteiger partial charge is 0.314 e. The maximum absolute atomic E-state index is 3.38. The molecule has 0 amide bonds. The van der Waals surface area contributed by atoms with Crippen molar-refractivity contribution in [2.24, 2.45) is 0 Å². The smallest absolute Gasteiger partial charge is 0.0329 e. The minimum absolute atomic E-state index is 0. The predicted molar refractivity (Wildman–Crippen MR) is 71.7 cm³/mol. The van der Waals surface area contributed by atoms with E-state index in [0.29, 0.717) is 6.04 Å². The summed E-state index contributed by atoms with van der Waals surface area (Å²) < 4.78 is 0. The molecule has 1 aliphatic heterocycles. The standard InChI is InChI=1S/C10H16N2S.2ClH/c1-9(10-2-7-13-8-10)12-5-3-11-4-6-12;;/h2,7-9,11H,3-6H2,1H3;2*1H/t9-;;/m0../s1. The van der Waals surface area contributed by atoms with Crippen molar-refractivity contribution in [2.75, 3.05) is 26.2 Å². The molecule has 1 aromatic rings. The van der Waals surface area contributed by atoms with Gasteiger partial charge in [-0.1, -0.05) is 0 Å². The second-order valence-corrected chi connectivity index (χ2v) is 4.30. The lowest BCUT2D eigenvalue weighted by Gasteiger charge is -2.32. The zero-order chi connectivity index (χ0) is 9.10. The van der Waals surface area contributed by atoms with Gasteiger partial charge >= 0.3 is 0 Å². The summed E-state index contributed by atoms with van der Waals surface area (Å²) in [7, 11) is 0. The Balaban J connectivity index is 0.000000980. The van der Waals surface area contributed by atoms with Crippen LogP contribution < -0.4 is 5.32 Å². The third kappa shape index (κ3) is 3.93. The third-order valence-electron chi connectivity index (χ3n) is 2.72. The summed E-state index contributed by atoms with van der Waals surface area (Å²) in [5.41, 5.74) is 1.46. The molecular weight excluding hydrogens is 251 g/mol. The average molecular weight is 269 g/mol. The second-order valence-electron chi connectivity index (χ2n) is 3.52. The summed E-state index contributed by atoms with van der Waals surface area (Å²) in [5.74, 6) is 0. The first kappa shape index (κ1) is 15.2. The Bertz CT molecular complexity index is 248. The van der Waals surface area contributed by atoms with Gasteiger partial charge in [0.25, 0.3) is 0 Å². The van der Waals surface area contributed by atoms with E-state index in [4.69, 9.17) is 0 Å². The number of thiophene rings is 1. The molecule has 1 saturated heterocycles. The molecule has 1 N–H and O–H groups in total. The van der Waals surface area contributed by atoms with Crippen LogP contribution in [-0.2, 0) is 0 Å². The maximum atomic E-state index is 3.38. The molecule has 0 spiro atoms. The number of hydrogen-bond acceptors (Lipinski definition) is 3. The Labute approximate surface area is 108 Å². The number of rotatable bonds is 2. The lowest BCUT2D eigenvalue weighted by atomic mass is 10.1. The summed E-state index contributed by atoms with van der Waals surface area (Å²) in [6, 6.07) is 2.82. The van der Waals surface area contributed by atoms with Crippen LogP contribution in [0.5, 0.6) is 0 Å². The van der Waals surface area contributed by atoms with Gasteiger partial charge in [-0.3, -0.25) is 4.90 Å². The first-order valence-electron chi connectivity index (χ1n) is 4.85. The number of piperazine rings is 1. The fourth-order valence-corrected chi connectivity index (χ4v) is 2.54. The number of halogens is 2.